The van der Waals surface area contributed by atoms with Crippen molar-refractivity contribution in [1.82, 2.24) is 9.96 Å². The van der Waals surface area contributed by atoms with E-state index in [1.165, 1.54) is 24.3 Å². The van der Waals surface area contributed by atoms with Gasteiger partial charge in [0.15, 0.2) is 0 Å². The summed E-state index contributed by atoms with van der Waals surface area (Å²) >= 11 is 0. The van der Waals surface area contributed by atoms with Crippen LogP contribution in [0.5, 0.6) is 0 Å². The standard InChI is InChI=1S/C26H29N3O7/c1-17-23(26(32)35-4)24(20-11-8-12-21(15-20)29(33)34)25(18(2)28(17)36-14-13-22(30)31)27(3)16-19-9-6-5-7-10-19/h5-12,15,24H,13-14,16H2,1-4H3,(H,30,31). The fourth-order valence-electron chi connectivity index (χ4n) is 4.39. The lowest BCUT2D eigenvalue weighted by Gasteiger charge is -2.41. The molecule has 2 aromatic rings. The van der Waals surface area contributed by atoms with E-state index in [-0.39, 0.29) is 24.3 Å². The van der Waals surface area contributed by atoms with Crippen molar-refractivity contribution in [3.8, 4) is 0 Å². The molecule has 10 heteroatoms. The molecule has 0 aromatic heterocycles. The molecule has 1 N–H and O–H groups in total. The summed E-state index contributed by atoms with van der Waals surface area (Å²) in [5.74, 6) is -2.32. The number of hydrogen-bond donors (Lipinski definition) is 1. The molecule has 1 unspecified atom stereocenters. The van der Waals surface area contributed by atoms with Crippen molar-refractivity contribution in [2.45, 2.75) is 32.7 Å². The molecule has 3 rings (SSSR count). The lowest BCUT2D eigenvalue weighted by molar-refractivity contribution is -0.384. The number of aliphatic carboxylic acids is 1. The zero-order chi connectivity index (χ0) is 26.4. The number of ether oxygens (including phenoxy) is 1. The Labute approximate surface area is 209 Å². The highest BCUT2D eigenvalue weighted by atomic mass is 16.7. The molecule has 2 aromatic carbocycles. The van der Waals surface area contributed by atoms with Gasteiger partial charge in [-0.1, -0.05) is 42.5 Å². The Bertz CT molecular complexity index is 1210. The minimum Gasteiger partial charge on any atom is -0.481 e. The summed E-state index contributed by atoms with van der Waals surface area (Å²) in [6, 6.07) is 15.9. The minimum atomic E-state index is -1.01. The van der Waals surface area contributed by atoms with Crippen LogP contribution in [0, 0.1) is 10.1 Å². The first-order valence-electron chi connectivity index (χ1n) is 11.3. The number of carbonyl (C=O) groups is 2. The van der Waals surface area contributed by atoms with Crippen LogP contribution in [0.2, 0.25) is 0 Å². The number of benzene rings is 2. The topological polar surface area (TPSA) is 122 Å². The predicted molar refractivity (Wildman–Crippen MR) is 131 cm³/mol. The normalized spacial score (nSPS) is 15.7. The Kier molecular flexibility index (Phi) is 8.44. The zero-order valence-corrected chi connectivity index (χ0v) is 20.6. The number of hydroxylamine groups is 2. The molecule has 36 heavy (non-hydrogen) atoms. The summed E-state index contributed by atoms with van der Waals surface area (Å²) in [6.45, 7) is 3.85. The number of nitro benzene ring substituents is 1. The van der Waals surface area contributed by atoms with Crippen LogP contribution in [0.3, 0.4) is 0 Å². The second-order valence-corrected chi connectivity index (χ2v) is 8.36. The molecule has 0 bridgehead atoms. The van der Waals surface area contributed by atoms with Crippen LogP contribution in [0.25, 0.3) is 0 Å². The monoisotopic (exact) mass is 495 g/mol. The Hall–Kier alpha value is -4.18. The molecule has 0 spiro atoms. The molecule has 0 fully saturated rings. The number of carboxylic acid groups (broad SMARTS) is 1. The van der Waals surface area contributed by atoms with Gasteiger partial charge in [-0.05, 0) is 25.0 Å². The molecular formula is C26H29N3O7. The number of esters is 1. The summed E-state index contributed by atoms with van der Waals surface area (Å²) in [6.07, 6.45) is -0.228. The van der Waals surface area contributed by atoms with E-state index in [1.807, 2.05) is 42.3 Å². The maximum atomic E-state index is 13.1. The highest BCUT2D eigenvalue weighted by Gasteiger charge is 2.39. The maximum Gasteiger partial charge on any atom is 0.336 e. The summed E-state index contributed by atoms with van der Waals surface area (Å²) in [4.78, 5) is 43.0. The van der Waals surface area contributed by atoms with Gasteiger partial charge in [0, 0.05) is 31.4 Å². The number of allylic oxidation sites excluding steroid dienone is 3. The van der Waals surface area contributed by atoms with Crippen LogP contribution >= 0.6 is 0 Å². The fraction of sp³-hybridized carbons (Fsp3) is 0.308. The van der Waals surface area contributed by atoms with E-state index >= 15 is 0 Å². The Morgan fingerprint density at radius 3 is 2.42 bits per heavy atom. The maximum absolute atomic E-state index is 13.1. The third-order valence-electron chi connectivity index (χ3n) is 5.96. The largest absolute Gasteiger partial charge is 0.481 e. The lowest BCUT2D eigenvalue weighted by atomic mass is 9.83. The van der Waals surface area contributed by atoms with Gasteiger partial charge in [0.05, 0.1) is 47.9 Å². The van der Waals surface area contributed by atoms with E-state index in [4.69, 9.17) is 14.7 Å². The highest BCUT2D eigenvalue weighted by Crippen LogP contribution is 2.44. The molecule has 1 aliphatic rings. The zero-order valence-electron chi connectivity index (χ0n) is 20.6. The Morgan fingerprint density at radius 1 is 1.11 bits per heavy atom. The summed E-state index contributed by atoms with van der Waals surface area (Å²) in [7, 11) is 3.13. The van der Waals surface area contributed by atoms with Gasteiger partial charge in [-0.15, -0.1) is 0 Å². The third kappa shape index (κ3) is 5.72. The van der Waals surface area contributed by atoms with E-state index < -0.39 is 22.8 Å². The molecule has 0 amide bonds. The van der Waals surface area contributed by atoms with Crippen LogP contribution in [0.1, 0.15) is 37.3 Å². The average molecular weight is 496 g/mol. The number of carboxylic acids is 1. The van der Waals surface area contributed by atoms with Crippen molar-refractivity contribution in [2.75, 3.05) is 20.8 Å². The summed E-state index contributed by atoms with van der Waals surface area (Å²) < 4.78 is 5.11. The van der Waals surface area contributed by atoms with Crippen molar-refractivity contribution in [1.29, 1.82) is 0 Å². The van der Waals surface area contributed by atoms with Gasteiger partial charge in [-0.2, -0.15) is 0 Å². The number of non-ortho nitro benzene ring substituents is 1. The van der Waals surface area contributed by atoms with Gasteiger partial charge in [-0.3, -0.25) is 19.7 Å². The van der Waals surface area contributed by atoms with Crippen molar-refractivity contribution >= 4 is 17.6 Å². The first kappa shape index (κ1) is 26.4. The molecule has 0 aliphatic carbocycles. The molecule has 190 valence electrons. The van der Waals surface area contributed by atoms with Gasteiger partial charge in [0.25, 0.3) is 5.69 Å². The van der Waals surface area contributed by atoms with Crippen molar-refractivity contribution in [2.24, 2.45) is 0 Å². The van der Waals surface area contributed by atoms with E-state index in [0.29, 0.717) is 29.2 Å². The third-order valence-corrected chi connectivity index (χ3v) is 5.96. The summed E-state index contributed by atoms with van der Waals surface area (Å²) in [5, 5.41) is 22.0. The van der Waals surface area contributed by atoms with Crippen molar-refractivity contribution < 1.29 is 29.2 Å². The van der Waals surface area contributed by atoms with Crippen molar-refractivity contribution in [3.63, 3.8) is 0 Å². The number of nitro groups is 1. The first-order chi connectivity index (χ1) is 17.1. The molecule has 10 nitrogen and oxygen atoms in total. The lowest BCUT2D eigenvalue weighted by Crippen LogP contribution is -2.37. The van der Waals surface area contributed by atoms with E-state index in [1.54, 1.807) is 26.0 Å². The van der Waals surface area contributed by atoms with Gasteiger partial charge in [0.2, 0.25) is 0 Å². The quantitative estimate of drug-likeness (QED) is 0.293. The van der Waals surface area contributed by atoms with Gasteiger partial charge in [0.1, 0.15) is 0 Å². The van der Waals surface area contributed by atoms with E-state index in [2.05, 4.69) is 0 Å². The molecule has 1 atom stereocenters. The van der Waals surface area contributed by atoms with Crippen LogP contribution in [0.15, 0.2) is 77.3 Å². The highest BCUT2D eigenvalue weighted by molar-refractivity contribution is 5.92. The SMILES string of the molecule is COC(=O)C1=C(C)N(OCCC(=O)O)C(C)=C(N(C)Cc2ccccc2)C1c1cccc([N+](=O)[O-])c1. The van der Waals surface area contributed by atoms with E-state index in [0.717, 1.165) is 5.56 Å². The van der Waals surface area contributed by atoms with Crippen LogP contribution < -0.4 is 0 Å². The number of likely N-dealkylation sites (N-methyl/N-ethyl adjacent to an activating group) is 1. The number of nitrogens with zero attached hydrogens (tertiary/aromatic N) is 3. The smallest absolute Gasteiger partial charge is 0.336 e. The number of carbonyl (C=O) groups excluding carboxylic acids is 1. The summed E-state index contributed by atoms with van der Waals surface area (Å²) in [5.41, 5.74) is 3.41. The van der Waals surface area contributed by atoms with Gasteiger partial charge < -0.3 is 14.7 Å². The molecule has 0 saturated heterocycles. The fourth-order valence-corrected chi connectivity index (χ4v) is 4.39. The second kappa shape index (κ2) is 11.5. The molecule has 1 aliphatic heterocycles. The number of rotatable bonds is 10. The Morgan fingerprint density at radius 2 is 1.81 bits per heavy atom. The van der Waals surface area contributed by atoms with Crippen LogP contribution in [-0.2, 0) is 25.7 Å². The van der Waals surface area contributed by atoms with Crippen LogP contribution in [0.4, 0.5) is 5.69 Å². The number of hydrogen-bond acceptors (Lipinski definition) is 8. The van der Waals surface area contributed by atoms with Gasteiger partial charge in [-0.25, -0.2) is 9.86 Å². The molecule has 0 saturated carbocycles. The Balaban J connectivity index is 2.19. The molecule has 1 heterocycles. The van der Waals surface area contributed by atoms with Crippen LogP contribution in [-0.4, -0.2) is 52.7 Å². The van der Waals surface area contributed by atoms with Gasteiger partial charge >= 0.3 is 11.9 Å². The second-order valence-electron chi connectivity index (χ2n) is 8.36. The van der Waals surface area contributed by atoms with E-state index in [9.17, 15) is 19.7 Å². The molecular weight excluding hydrogens is 466 g/mol. The molecule has 0 radical (unpaired) electrons. The predicted octanol–water partition coefficient (Wildman–Crippen LogP) is 4.21. The average Bonchev–Trinajstić information content (AvgIpc) is 2.85. The minimum absolute atomic E-state index is 0.0998. The number of methoxy groups -OCH3 is 1. The first-order valence-corrected chi connectivity index (χ1v) is 11.3. The van der Waals surface area contributed by atoms with Crippen molar-refractivity contribution in [3.05, 3.63) is 98.5 Å².